The predicted octanol–water partition coefficient (Wildman–Crippen LogP) is 5.58. The zero-order valence-electron chi connectivity index (χ0n) is 16.7. The van der Waals surface area contributed by atoms with E-state index in [0.717, 1.165) is 33.4 Å². The third-order valence-electron chi connectivity index (χ3n) is 5.75. The van der Waals surface area contributed by atoms with Crippen LogP contribution in [0.4, 0.5) is 5.69 Å². The van der Waals surface area contributed by atoms with Crippen LogP contribution in [0, 0.1) is 0 Å². The molecule has 0 saturated carbocycles. The maximum absolute atomic E-state index is 13.7. The summed E-state index contributed by atoms with van der Waals surface area (Å²) in [5.74, 6) is -0.0356. The average molecular weight is 391 g/mol. The van der Waals surface area contributed by atoms with Gasteiger partial charge in [-0.05, 0) is 24.1 Å². The van der Waals surface area contributed by atoms with Crippen LogP contribution in [-0.2, 0) is 10.3 Å². The van der Waals surface area contributed by atoms with Gasteiger partial charge in [-0.25, -0.2) is 4.98 Å². The monoisotopic (exact) mass is 391 g/mol. The fourth-order valence-electron chi connectivity index (χ4n) is 4.11. The molecule has 1 aromatic heterocycles. The topological polar surface area (TPSA) is 45.6 Å². The highest BCUT2D eigenvalue weighted by Crippen LogP contribution is 2.39. The normalized spacial score (nSPS) is 18.3. The van der Waals surface area contributed by atoms with E-state index in [0.29, 0.717) is 6.42 Å². The van der Waals surface area contributed by atoms with Crippen LogP contribution in [0.3, 0.4) is 0 Å². The molecule has 0 fully saturated rings. The van der Waals surface area contributed by atoms with Crippen molar-refractivity contribution in [2.24, 2.45) is 4.99 Å². The summed E-state index contributed by atoms with van der Waals surface area (Å²) in [6.45, 7) is 2.01. The third kappa shape index (κ3) is 2.80. The fraction of sp³-hybridized carbons (Fsp3) is 0.115. The first-order valence-corrected chi connectivity index (χ1v) is 10.1. The van der Waals surface area contributed by atoms with Crippen LogP contribution in [0.1, 0.15) is 18.9 Å². The lowest BCUT2D eigenvalue weighted by atomic mass is 9.87. The quantitative estimate of drug-likeness (QED) is 0.456. The molecule has 1 atom stereocenters. The van der Waals surface area contributed by atoms with Crippen LogP contribution in [0.2, 0.25) is 0 Å². The second kappa shape index (κ2) is 7.23. The number of aromatic nitrogens is 1. The molecule has 1 aliphatic heterocycles. The van der Waals surface area contributed by atoms with Crippen molar-refractivity contribution in [1.29, 1.82) is 0 Å². The molecule has 30 heavy (non-hydrogen) atoms. The maximum atomic E-state index is 13.7. The smallest absolute Gasteiger partial charge is 0.264 e. The van der Waals surface area contributed by atoms with E-state index in [1.807, 2.05) is 97.9 Å². The Kier molecular flexibility index (Phi) is 4.40. The molecular formula is C26H21N3O. The van der Waals surface area contributed by atoms with Crippen LogP contribution in [0.5, 0.6) is 0 Å². The number of nitrogens with zero attached hydrogens (tertiary/aromatic N) is 3. The fourth-order valence-corrected chi connectivity index (χ4v) is 4.11. The van der Waals surface area contributed by atoms with Crippen molar-refractivity contribution in [2.75, 3.05) is 4.90 Å². The summed E-state index contributed by atoms with van der Waals surface area (Å²) in [6, 6.07) is 29.7. The van der Waals surface area contributed by atoms with E-state index in [9.17, 15) is 4.79 Å². The Morgan fingerprint density at radius 1 is 0.867 bits per heavy atom. The largest absolute Gasteiger partial charge is 0.271 e. The Bertz CT molecular complexity index is 1250. The summed E-state index contributed by atoms with van der Waals surface area (Å²) in [7, 11) is 0. The van der Waals surface area contributed by atoms with E-state index in [1.54, 1.807) is 11.2 Å². The first-order valence-electron chi connectivity index (χ1n) is 10.1. The molecule has 0 bridgehead atoms. The number of pyridine rings is 1. The maximum Gasteiger partial charge on any atom is 0.264 e. The number of amides is 1. The summed E-state index contributed by atoms with van der Waals surface area (Å²) in [4.78, 5) is 25.0. The molecule has 1 amide bonds. The molecule has 0 saturated heterocycles. The van der Waals surface area contributed by atoms with Crippen molar-refractivity contribution in [3.63, 3.8) is 0 Å². The van der Waals surface area contributed by atoms with Gasteiger partial charge in [0.05, 0.1) is 23.2 Å². The highest BCUT2D eigenvalue weighted by atomic mass is 16.2. The number of rotatable bonds is 4. The minimum atomic E-state index is -0.890. The van der Waals surface area contributed by atoms with E-state index < -0.39 is 5.54 Å². The first kappa shape index (κ1) is 18.3. The van der Waals surface area contributed by atoms with Crippen LogP contribution in [0.15, 0.2) is 96.0 Å². The predicted molar refractivity (Wildman–Crippen MR) is 122 cm³/mol. The van der Waals surface area contributed by atoms with Gasteiger partial charge in [-0.2, -0.15) is 0 Å². The number of aliphatic imine (C=N–C) groups is 1. The Hall–Kier alpha value is -3.79. The van der Waals surface area contributed by atoms with E-state index in [2.05, 4.69) is 0 Å². The summed E-state index contributed by atoms with van der Waals surface area (Å²) >= 11 is 0. The van der Waals surface area contributed by atoms with Crippen molar-refractivity contribution in [3.05, 3.63) is 96.6 Å². The van der Waals surface area contributed by atoms with Crippen molar-refractivity contribution in [2.45, 2.75) is 18.9 Å². The highest BCUT2D eigenvalue weighted by Gasteiger charge is 2.45. The lowest BCUT2D eigenvalue weighted by Crippen LogP contribution is -2.39. The summed E-state index contributed by atoms with van der Waals surface area (Å²) in [5.41, 5.74) is 3.52. The number of hydrogen-bond acceptors (Lipinski definition) is 3. The van der Waals surface area contributed by atoms with E-state index in [-0.39, 0.29) is 5.91 Å². The van der Waals surface area contributed by atoms with Crippen molar-refractivity contribution >= 4 is 28.8 Å². The Morgan fingerprint density at radius 2 is 1.53 bits per heavy atom. The van der Waals surface area contributed by atoms with Crippen molar-refractivity contribution in [1.82, 2.24) is 4.98 Å². The lowest BCUT2D eigenvalue weighted by molar-refractivity contribution is -0.122. The van der Waals surface area contributed by atoms with Gasteiger partial charge in [-0.1, -0.05) is 85.8 Å². The Morgan fingerprint density at radius 3 is 2.27 bits per heavy atom. The van der Waals surface area contributed by atoms with E-state index in [4.69, 9.17) is 9.98 Å². The van der Waals surface area contributed by atoms with Gasteiger partial charge in [0.15, 0.2) is 5.54 Å². The standard InChI is InChI=1S/C26H21N3O/c1-2-26(20-13-7-4-8-14-20)25(30)29(18-27-26)24-17-23(19-11-5-3-6-12-19)28-22-16-10-9-15-21(22)24/h3-18H,2H2,1H3. The van der Waals surface area contributed by atoms with Crippen molar-refractivity contribution in [3.8, 4) is 11.3 Å². The average Bonchev–Trinajstić information content (AvgIpc) is 3.16. The summed E-state index contributed by atoms with van der Waals surface area (Å²) in [5, 5.41) is 0.928. The van der Waals surface area contributed by atoms with Crippen LogP contribution >= 0.6 is 0 Å². The number of para-hydroxylation sites is 1. The molecule has 0 aliphatic carbocycles. The Labute approximate surface area is 175 Å². The number of carbonyl (C=O) groups excluding carboxylic acids is 1. The van der Waals surface area contributed by atoms with Gasteiger partial charge in [0, 0.05) is 10.9 Å². The molecule has 4 nitrogen and oxygen atoms in total. The zero-order valence-corrected chi connectivity index (χ0v) is 16.7. The van der Waals surface area contributed by atoms with Gasteiger partial charge in [-0.3, -0.25) is 14.7 Å². The molecule has 3 aromatic carbocycles. The van der Waals surface area contributed by atoms with Gasteiger partial charge in [0.2, 0.25) is 0 Å². The molecule has 1 aliphatic rings. The third-order valence-corrected chi connectivity index (χ3v) is 5.75. The van der Waals surface area contributed by atoms with Crippen LogP contribution < -0.4 is 4.90 Å². The number of hydrogen-bond donors (Lipinski definition) is 0. The lowest BCUT2D eigenvalue weighted by Gasteiger charge is -2.26. The molecular weight excluding hydrogens is 370 g/mol. The van der Waals surface area contributed by atoms with E-state index >= 15 is 0 Å². The number of fused-ring (bicyclic) bond motifs is 1. The van der Waals surface area contributed by atoms with E-state index in [1.165, 1.54) is 0 Å². The van der Waals surface area contributed by atoms with Gasteiger partial charge < -0.3 is 0 Å². The molecule has 4 heteroatoms. The molecule has 0 N–H and O–H groups in total. The number of benzene rings is 3. The number of anilines is 1. The highest BCUT2D eigenvalue weighted by molar-refractivity contribution is 6.20. The summed E-state index contributed by atoms with van der Waals surface area (Å²) < 4.78 is 0. The molecule has 0 radical (unpaired) electrons. The number of carbonyl (C=O) groups is 1. The molecule has 5 rings (SSSR count). The minimum Gasteiger partial charge on any atom is -0.271 e. The van der Waals surface area contributed by atoms with Crippen molar-refractivity contribution < 1.29 is 4.79 Å². The minimum absolute atomic E-state index is 0.0356. The van der Waals surface area contributed by atoms with Gasteiger partial charge in [-0.15, -0.1) is 0 Å². The summed E-state index contributed by atoms with van der Waals surface area (Å²) in [6.07, 6.45) is 2.27. The van der Waals surface area contributed by atoms with Crippen LogP contribution in [-0.4, -0.2) is 17.2 Å². The molecule has 1 unspecified atom stereocenters. The molecule has 4 aromatic rings. The first-order chi connectivity index (χ1) is 14.7. The second-order valence-corrected chi connectivity index (χ2v) is 7.41. The Balaban J connectivity index is 1.67. The van der Waals surface area contributed by atoms with Crippen LogP contribution in [0.25, 0.3) is 22.2 Å². The van der Waals surface area contributed by atoms with Gasteiger partial charge in [0.25, 0.3) is 5.91 Å². The second-order valence-electron chi connectivity index (χ2n) is 7.41. The van der Waals surface area contributed by atoms with Gasteiger partial charge >= 0.3 is 0 Å². The van der Waals surface area contributed by atoms with Gasteiger partial charge in [0.1, 0.15) is 0 Å². The molecule has 146 valence electrons. The molecule has 2 heterocycles. The SMILES string of the molecule is CCC1(c2ccccc2)N=CN(c2cc(-c3ccccc3)nc3ccccc23)C1=O. The molecule has 0 spiro atoms. The zero-order chi connectivity index (χ0) is 20.6.